The first-order chi connectivity index (χ1) is 14.8. The van der Waals surface area contributed by atoms with Crippen molar-refractivity contribution in [2.75, 3.05) is 13.7 Å². The zero-order chi connectivity index (χ0) is 22.4. The second kappa shape index (κ2) is 10.6. The number of amides is 1. The molecule has 1 N–H and O–H groups in total. The van der Waals surface area contributed by atoms with Crippen molar-refractivity contribution in [3.8, 4) is 5.75 Å². The van der Waals surface area contributed by atoms with E-state index in [-0.39, 0.29) is 29.4 Å². The van der Waals surface area contributed by atoms with Crippen molar-refractivity contribution >= 4 is 31.9 Å². The first kappa shape index (κ1) is 23.8. The van der Waals surface area contributed by atoms with E-state index in [0.717, 1.165) is 47.9 Å². The normalized spacial score (nSPS) is 16.1. The van der Waals surface area contributed by atoms with E-state index in [0.29, 0.717) is 0 Å². The molecular weight excluding hydrogens is 480 g/mol. The maximum atomic E-state index is 13.4. The van der Waals surface area contributed by atoms with Crippen LogP contribution >= 0.6 is 15.9 Å². The molecule has 31 heavy (non-hydrogen) atoms. The number of rotatable bonds is 8. The second-order valence-electron chi connectivity index (χ2n) is 7.86. The van der Waals surface area contributed by atoms with Gasteiger partial charge in [-0.2, -0.15) is 4.31 Å². The highest BCUT2D eigenvalue weighted by atomic mass is 79.9. The molecule has 3 rings (SSSR count). The number of nitrogens with zero attached hydrogens (tertiary/aromatic N) is 1. The Hall–Kier alpha value is -1.90. The zero-order valence-electron chi connectivity index (χ0n) is 17.9. The Morgan fingerprint density at radius 2 is 1.71 bits per heavy atom. The summed E-state index contributed by atoms with van der Waals surface area (Å²) < 4.78 is 34.2. The summed E-state index contributed by atoms with van der Waals surface area (Å²) in [5.74, 6) is 0.431. The number of nitrogens with one attached hydrogen (secondary N) is 1. The van der Waals surface area contributed by atoms with Gasteiger partial charge in [-0.05, 0) is 61.7 Å². The van der Waals surface area contributed by atoms with Crippen LogP contribution in [0.25, 0.3) is 0 Å². The van der Waals surface area contributed by atoms with Gasteiger partial charge in [0.15, 0.2) is 0 Å². The molecule has 0 bridgehead atoms. The summed E-state index contributed by atoms with van der Waals surface area (Å²) in [6.07, 6.45) is 4.60. The molecule has 1 atom stereocenters. The molecule has 2 aromatic rings. The maximum absolute atomic E-state index is 13.4. The molecule has 0 saturated heterocycles. The van der Waals surface area contributed by atoms with Crippen LogP contribution in [0, 0.1) is 0 Å². The number of ether oxygens (including phenoxy) is 1. The maximum Gasteiger partial charge on any atom is 0.243 e. The van der Waals surface area contributed by atoms with Crippen molar-refractivity contribution in [1.82, 2.24) is 9.62 Å². The number of hydrogen-bond acceptors (Lipinski definition) is 4. The van der Waals surface area contributed by atoms with Gasteiger partial charge in [0.05, 0.1) is 24.6 Å². The van der Waals surface area contributed by atoms with E-state index >= 15 is 0 Å². The molecule has 1 fully saturated rings. The van der Waals surface area contributed by atoms with Crippen molar-refractivity contribution in [2.45, 2.75) is 56.0 Å². The summed E-state index contributed by atoms with van der Waals surface area (Å²) in [7, 11) is -2.18. The lowest BCUT2D eigenvalue weighted by Gasteiger charge is -2.33. The molecule has 0 heterocycles. The second-order valence-corrected chi connectivity index (χ2v) is 10.7. The van der Waals surface area contributed by atoms with Crippen molar-refractivity contribution in [2.24, 2.45) is 0 Å². The third kappa shape index (κ3) is 6.08. The highest BCUT2D eigenvalue weighted by Gasteiger charge is 2.34. The molecule has 1 amide bonds. The molecule has 1 aliphatic rings. The summed E-state index contributed by atoms with van der Waals surface area (Å²) in [6.45, 7) is 1.69. The van der Waals surface area contributed by atoms with E-state index in [1.165, 1.54) is 4.31 Å². The van der Waals surface area contributed by atoms with Crippen LogP contribution in [-0.2, 0) is 14.8 Å². The monoisotopic (exact) mass is 508 g/mol. The van der Waals surface area contributed by atoms with Gasteiger partial charge in [0.25, 0.3) is 0 Å². The van der Waals surface area contributed by atoms with Crippen LogP contribution in [-0.4, -0.2) is 38.3 Å². The molecule has 1 unspecified atom stereocenters. The summed E-state index contributed by atoms with van der Waals surface area (Å²) >= 11 is 3.34. The number of carbonyl (C=O) groups is 1. The van der Waals surface area contributed by atoms with Gasteiger partial charge < -0.3 is 10.1 Å². The molecule has 8 heteroatoms. The van der Waals surface area contributed by atoms with Crippen molar-refractivity contribution < 1.29 is 17.9 Å². The lowest BCUT2D eigenvalue weighted by Crippen LogP contribution is -2.47. The molecule has 6 nitrogen and oxygen atoms in total. The number of hydrogen-bond donors (Lipinski definition) is 1. The van der Waals surface area contributed by atoms with Gasteiger partial charge in [-0.1, -0.05) is 47.3 Å². The summed E-state index contributed by atoms with van der Waals surface area (Å²) in [6, 6.07) is 13.6. The fraction of sp³-hybridized carbons (Fsp3) is 0.435. The van der Waals surface area contributed by atoms with Crippen molar-refractivity contribution in [3.63, 3.8) is 0 Å². The van der Waals surface area contributed by atoms with Gasteiger partial charge >= 0.3 is 0 Å². The van der Waals surface area contributed by atoms with Crippen LogP contribution in [0.3, 0.4) is 0 Å². The third-order valence-corrected chi connectivity index (χ3v) is 8.14. The Morgan fingerprint density at radius 3 is 2.29 bits per heavy atom. The largest absolute Gasteiger partial charge is 0.497 e. The highest BCUT2D eigenvalue weighted by Crippen LogP contribution is 2.28. The zero-order valence-corrected chi connectivity index (χ0v) is 20.3. The predicted molar refractivity (Wildman–Crippen MR) is 124 cm³/mol. The number of benzene rings is 2. The Bertz CT molecular complexity index is 972. The number of carbonyl (C=O) groups excluding carboxylic acids is 1. The molecule has 2 aromatic carbocycles. The van der Waals surface area contributed by atoms with Gasteiger partial charge in [-0.3, -0.25) is 4.79 Å². The van der Waals surface area contributed by atoms with Crippen molar-refractivity contribution in [3.05, 3.63) is 58.6 Å². The predicted octanol–water partition coefficient (Wildman–Crippen LogP) is 4.66. The first-order valence-corrected chi connectivity index (χ1v) is 12.8. The number of methoxy groups -OCH3 is 1. The number of halogens is 1. The summed E-state index contributed by atoms with van der Waals surface area (Å²) in [4.78, 5) is 13.1. The molecule has 0 aliphatic heterocycles. The van der Waals surface area contributed by atoms with Gasteiger partial charge in [-0.25, -0.2) is 8.42 Å². The van der Waals surface area contributed by atoms with Crippen LogP contribution in [0.2, 0.25) is 0 Å². The van der Waals surface area contributed by atoms with Gasteiger partial charge in [0.2, 0.25) is 15.9 Å². The lowest BCUT2D eigenvalue weighted by molar-refractivity contribution is -0.122. The van der Waals surface area contributed by atoms with E-state index in [2.05, 4.69) is 21.2 Å². The fourth-order valence-corrected chi connectivity index (χ4v) is 5.83. The molecular formula is C23H29BrN2O4S. The highest BCUT2D eigenvalue weighted by molar-refractivity contribution is 9.10. The van der Waals surface area contributed by atoms with Gasteiger partial charge in [0.1, 0.15) is 5.75 Å². The Kier molecular flexibility index (Phi) is 8.13. The Balaban J connectivity index is 1.77. The minimum atomic E-state index is -3.79. The van der Waals surface area contributed by atoms with E-state index in [4.69, 9.17) is 4.74 Å². The lowest BCUT2D eigenvalue weighted by atomic mass is 9.95. The van der Waals surface area contributed by atoms with E-state index in [9.17, 15) is 13.2 Å². The molecule has 0 aromatic heterocycles. The van der Waals surface area contributed by atoms with Gasteiger partial charge in [-0.15, -0.1) is 0 Å². The quantitative estimate of drug-likeness (QED) is 0.562. The average molecular weight is 509 g/mol. The average Bonchev–Trinajstić information content (AvgIpc) is 2.78. The molecule has 1 saturated carbocycles. The topological polar surface area (TPSA) is 75.7 Å². The molecule has 0 spiro atoms. The summed E-state index contributed by atoms with van der Waals surface area (Å²) in [5, 5.41) is 2.94. The van der Waals surface area contributed by atoms with Crippen LogP contribution in [0.1, 0.15) is 50.6 Å². The SMILES string of the molecule is COc1ccc(C(C)NC(=O)CN(C2CCCCC2)S(=O)(=O)c2ccc(Br)cc2)cc1. The Labute approximate surface area is 193 Å². The third-order valence-electron chi connectivity index (χ3n) is 5.69. The summed E-state index contributed by atoms with van der Waals surface area (Å²) in [5.41, 5.74) is 0.925. The number of sulfonamides is 1. The molecule has 1 aliphatic carbocycles. The first-order valence-electron chi connectivity index (χ1n) is 10.5. The van der Waals surface area contributed by atoms with E-state index in [1.807, 2.05) is 31.2 Å². The standard InChI is InChI=1S/C23H29BrN2O4S/c1-17(18-8-12-21(30-2)13-9-18)25-23(27)16-26(20-6-4-3-5-7-20)31(28,29)22-14-10-19(24)11-15-22/h8-15,17,20H,3-7,16H2,1-2H3,(H,25,27). The van der Waals surface area contributed by atoms with Gasteiger partial charge in [0, 0.05) is 10.5 Å². The van der Waals surface area contributed by atoms with Crippen molar-refractivity contribution in [1.29, 1.82) is 0 Å². The van der Waals surface area contributed by atoms with Crippen LogP contribution < -0.4 is 10.1 Å². The van der Waals surface area contributed by atoms with Crippen LogP contribution in [0.5, 0.6) is 5.75 Å². The smallest absolute Gasteiger partial charge is 0.243 e. The van der Waals surface area contributed by atoms with E-state index in [1.54, 1.807) is 31.4 Å². The minimum absolute atomic E-state index is 0.163. The molecule has 168 valence electrons. The van der Waals surface area contributed by atoms with Crippen LogP contribution in [0.15, 0.2) is 57.9 Å². The van der Waals surface area contributed by atoms with Crippen LogP contribution in [0.4, 0.5) is 0 Å². The minimum Gasteiger partial charge on any atom is -0.497 e. The Morgan fingerprint density at radius 1 is 1.10 bits per heavy atom. The fourth-order valence-electron chi connectivity index (χ4n) is 3.93. The molecule has 0 radical (unpaired) electrons. The van der Waals surface area contributed by atoms with E-state index < -0.39 is 10.0 Å².